The van der Waals surface area contributed by atoms with E-state index in [2.05, 4.69) is 15.1 Å². The highest BCUT2D eigenvalue weighted by molar-refractivity contribution is 5.96. The van der Waals surface area contributed by atoms with E-state index in [-0.39, 0.29) is 32.0 Å². The maximum atomic E-state index is 13.1. The molecule has 0 radical (unpaired) electrons. The van der Waals surface area contributed by atoms with Crippen LogP contribution in [0.15, 0.2) is 48.8 Å². The SMILES string of the molecule is CC(C)COC(=O)N1CCC(C(=O)Nc2ccc(Oc3ccncc3)cc2)C(C(=O)NOC(=O)C(F)(F)F)C1. The standard InChI is InChI=1S/C25H27F3N4O7/c1-15(2)14-37-24(36)32-12-9-19(20(13-32)22(34)31-39-23(35)25(26,27)28)21(33)30-16-3-5-17(6-4-16)38-18-7-10-29-11-8-18/h3-8,10-11,15,19-20H,9,12-14H2,1-2H3,(H,30,33)(H,31,34). The second-order valence-corrected chi connectivity index (χ2v) is 9.07. The Hall–Kier alpha value is -4.36. The molecule has 1 aromatic carbocycles. The minimum atomic E-state index is -5.34. The van der Waals surface area contributed by atoms with Crippen molar-refractivity contribution in [1.82, 2.24) is 15.4 Å². The molecule has 0 saturated carbocycles. The van der Waals surface area contributed by atoms with Crippen LogP contribution in [-0.4, -0.2) is 59.6 Å². The van der Waals surface area contributed by atoms with Gasteiger partial charge in [-0.05, 0) is 48.7 Å². The van der Waals surface area contributed by atoms with Crippen molar-refractivity contribution in [2.24, 2.45) is 17.8 Å². The maximum Gasteiger partial charge on any atom is 0.493 e. The Bertz CT molecular complexity index is 1160. The third kappa shape index (κ3) is 8.58. The number of nitrogens with zero attached hydrogens (tertiary/aromatic N) is 2. The first kappa shape index (κ1) is 29.2. The Kier molecular flexibility index (Phi) is 9.68. The highest BCUT2D eigenvalue weighted by atomic mass is 19.4. The Morgan fingerprint density at radius 2 is 1.64 bits per heavy atom. The molecule has 0 bridgehead atoms. The molecule has 2 N–H and O–H groups in total. The summed E-state index contributed by atoms with van der Waals surface area (Å²) in [6, 6.07) is 9.66. The summed E-state index contributed by atoms with van der Waals surface area (Å²) in [6.07, 6.45) is -2.95. The first-order valence-electron chi connectivity index (χ1n) is 11.9. The molecule has 1 aromatic heterocycles. The predicted octanol–water partition coefficient (Wildman–Crippen LogP) is 3.68. The van der Waals surface area contributed by atoms with E-state index in [1.165, 1.54) is 10.4 Å². The molecule has 1 saturated heterocycles. The van der Waals surface area contributed by atoms with Gasteiger partial charge in [0.2, 0.25) is 5.91 Å². The number of piperidine rings is 1. The summed E-state index contributed by atoms with van der Waals surface area (Å²) in [5.41, 5.74) is 1.82. The number of halogens is 3. The summed E-state index contributed by atoms with van der Waals surface area (Å²) in [4.78, 5) is 58.2. The molecular formula is C25H27F3N4O7. The van der Waals surface area contributed by atoms with Crippen molar-refractivity contribution in [1.29, 1.82) is 0 Å². The molecule has 2 unspecified atom stereocenters. The van der Waals surface area contributed by atoms with Gasteiger partial charge in [-0.15, -0.1) is 0 Å². The fourth-order valence-corrected chi connectivity index (χ4v) is 3.64. The zero-order valence-electron chi connectivity index (χ0n) is 21.1. The van der Waals surface area contributed by atoms with Crippen molar-refractivity contribution in [3.05, 3.63) is 48.8 Å². The Morgan fingerprint density at radius 1 is 1.00 bits per heavy atom. The zero-order chi connectivity index (χ0) is 28.6. The second kappa shape index (κ2) is 12.9. The molecule has 2 heterocycles. The van der Waals surface area contributed by atoms with Crippen LogP contribution in [0.4, 0.5) is 23.7 Å². The van der Waals surface area contributed by atoms with Crippen molar-refractivity contribution in [2.45, 2.75) is 26.4 Å². The number of anilines is 1. The number of hydroxylamine groups is 1. The van der Waals surface area contributed by atoms with E-state index in [0.29, 0.717) is 17.2 Å². The number of likely N-dealkylation sites (tertiary alicyclic amines) is 1. The third-order valence-electron chi connectivity index (χ3n) is 5.57. The first-order valence-corrected chi connectivity index (χ1v) is 11.9. The molecule has 11 nitrogen and oxygen atoms in total. The van der Waals surface area contributed by atoms with Gasteiger partial charge in [-0.2, -0.15) is 18.7 Å². The number of aromatic nitrogens is 1. The van der Waals surface area contributed by atoms with Crippen LogP contribution in [0, 0.1) is 17.8 Å². The van der Waals surface area contributed by atoms with Crippen LogP contribution in [0.2, 0.25) is 0 Å². The highest BCUT2D eigenvalue weighted by Crippen LogP contribution is 2.28. The lowest BCUT2D eigenvalue weighted by molar-refractivity contribution is -0.208. The van der Waals surface area contributed by atoms with Gasteiger partial charge in [0.1, 0.15) is 11.5 Å². The van der Waals surface area contributed by atoms with Crippen molar-refractivity contribution < 1.29 is 46.7 Å². The average molecular weight is 553 g/mol. The van der Waals surface area contributed by atoms with Crippen molar-refractivity contribution >= 4 is 29.6 Å². The van der Waals surface area contributed by atoms with Gasteiger partial charge in [0, 0.05) is 31.2 Å². The molecule has 210 valence electrons. The van der Waals surface area contributed by atoms with E-state index in [4.69, 9.17) is 9.47 Å². The number of pyridine rings is 1. The van der Waals surface area contributed by atoms with Gasteiger partial charge in [0.15, 0.2) is 0 Å². The monoisotopic (exact) mass is 552 g/mol. The lowest BCUT2D eigenvalue weighted by atomic mass is 9.84. The molecule has 1 aliphatic heterocycles. The number of rotatable bonds is 7. The van der Waals surface area contributed by atoms with Gasteiger partial charge < -0.3 is 24.5 Å². The number of nitrogens with one attached hydrogen (secondary N) is 2. The van der Waals surface area contributed by atoms with Crippen LogP contribution in [0.3, 0.4) is 0 Å². The molecule has 39 heavy (non-hydrogen) atoms. The molecule has 1 fully saturated rings. The Balaban J connectivity index is 1.68. The van der Waals surface area contributed by atoms with E-state index in [1.54, 1.807) is 48.8 Å². The third-order valence-corrected chi connectivity index (χ3v) is 5.57. The van der Waals surface area contributed by atoms with Gasteiger partial charge in [-0.3, -0.25) is 14.6 Å². The van der Waals surface area contributed by atoms with Gasteiger partial charge in [-0.25, -0.2) is 9.59 Å². The quantitative estimate of drug-likeness (QED) is 0.497. The topological polar surface area (TPSA) is 136 Å². The molecule has 2 atom stereocenters. The minimum Gasteiger partial charge on any atom is -0.457 e. The number of amides is 3. The van der Waals surface area contributed by atoms with Crippen LogP contribution in [0.1, 0.15) is 20.3 Å². The summed E-state index contributed by atoms with van der Waals surface area (Å²) in [5.74, 6) is -5.73. The van der Waals surface area contributed by atoms with Crippen LogP contribution >= 0.6 is 0 Å². The Morgan fingerprint density at radius 3 is 2.26 bits per heavy atom. The van der Waals surface area contributed by atoms with Crippen LogP contribution in [0.25, 0.3) is 0 Å². The Labute approximate surface area is 221 Å². The van der Waals surface area contributed by atoms with Crippen LogP contribution in [0.5, 0.6) is 11.5 Å². The molecular weight excluding hydrogens is 525 g/mol. The van der Waals surface area contributed by atoms with Crippen molar-refractivity contribution in [3.8, 4) is 11.5 Å². The summed E-state index contributed by atoms with van der Waals surface area (Å²) in [7, 11) is 0. The fourth-order valence-electron chi connectivity index (χ4n) is 3.64. The van der Waals surface area contributed by atoms with E-state index in [0.717, 1.165) is 0 Å². The van der Waals surface area contributed by atoms with E-state index >= 15 is 0 Å². The number of benzene rings is 1. The molecule has 2 aromatic rings. The molecule has 0 aliphatic carbocycles. The predicted molar refractivity (Wildman–Crippen MR) is 129 cm³/mol. The molecule has 3 rings (SSSR count). The summed E-state index contributed by atoms with van der Waals surface area (Å²) in [6.45, 7) is 3.48. The lowest BCUT2D eigenvalue weighted by Gasteiger charge is -2.36. The van der Waals surface area contributed by atoms with Gasteiger partial charge in [0.25, 0.3) is 5.91 Å². The molecule has 0 spiro atoms. The van der Waals surface area contributed by atoms with E-state index in [9.17, 15) is 32.3 Å². The van der Waals surface area contributed by atoms with Crippen LogP contribution < -0.4 is 15.5 Å². The number of carbonyl (C=O) groups excluding carboxylic acids is 4. The number of ether oxygens (including phenoxy) is 2. The lowest BCUT2D eigenvalue weighted by Crippen LogP contribution is -2.53. The summed E-state index contributed by atoms with van der Waals surface area (Å²) >= 11 is 0. The number of alkyl halides is 3. The smallest absolute Gasteiger partial charge is 0.457 e. The van der Waals surface area contributed by atoms with E-state index in [1.807, 2.05) is 13.8 Å². The normalized spacial score (nSPS) is 17.2. The second-order valence-electron chi connectivity index (χ2n) is 9.07. The fraction of sp³-hybridized carbons (Fsp3) is 0.400. The number of hydrogen-bond donors (Lipinski definition) is 2. The van der Waals surface area contributed by atoms with Crippen molar-refractivity contribution in [3.63, 3.8) is 0 Å². The maximum absolute atomic E-state index is 13.1. The summed E-state index contributed by atoms with van der Waals surface area (Å²) < 4.78 is 48.3. The summed E-state index contributed by atoms with van der Waals surface area (Å²) in [5, 5.41) is 2.65. The minimum absolute atomic E-state index is 0.00282. The van der Waals surface area contributed by atoms with E-state index < -0.39 is 41.9 Å². The molecule has 14 heteroatoms. The molecule has 3 amide bonds. The molecule has 1 aliphatic rings. The van der Waals surface area contributed by atoms with Crippen LogP contribution in [-0.2, 0) is 24.0 Å². The first-order chi connectivity index (χ1) is 18.4. The van der Waals surface area contributed by atoms with Crippen molar-refractivity contribution in [2.75, 3.05) is 25.0 Å². The average Bonchev–Trinajstić information content (AvgIpc) is 2.90. The van der Waals surface area contributed by atoms with Gasteiger partial charge >= 0.3 is 18.2 Å². The zero-order valence-corrected chi connectivity index (χ0v) is 21.1. The van der Waals surface area contributed by atoms with Gasteiger partial charge in [-0.1, -0.05) is 13.8 Å². The number of carbonyl (C=O) groups is 4. The highest BCUT2D eigenvalue weighted by Gasteiger charge is 2.44. The largest absolute Gasteiger partial charge is 0.493 e. The van der Waals surface area contributed by atoms with Gasteiger partial charge in [0.05, 0.1) is 18.4 Å². The number of hydrogen-bond acceptors (Lipinski definition) is 8.